The minimum atomic E-state index is -0.479. The molecule has 134 valence electrons. The number of benzene rings is 2. The Morgan fingerprint density at radius 1 is 1.19 bits per heavy atom. The van der Waals surface area contributed by atoms with Crippen molar-refractivity contribution < 1.29 is 19.2 Å². The number of fused-ring (bicyclic) bond motifs is 1. The fraction of sp³-hybridized carbons (Fsp3) is 0.222. The molecule has 0 bridgehead atoms. The molecular weight excluding hydrogens is 336 g/mol. The molecule has 1 aromatic heterocycles. The molecule has 8 nitrogen and oxygen atoms in total. The number of carbonyl (C=O) groups excluding carboxylic acids is 2. The molecule has 26 heavy (non-hydrogen) atoms. The van der Waals surface area contributed by atoms with Crippen LogP contribution in [0.4, 0.5) is 5.69 Å². The molecule has 3 aromatic rings. The lowest BCUT2D eigenvalue weighted by Crippen LogP contribution is -2.26. The predicted molar refractivity (Wildman–Crippen MR) is 94.8 cm³/mol. The highest BCUT2D eigenvalue weighted by molar-refractivity contribution is 5.93. The van der Waals surface area contributed by atoms with Crippen LogP contribution in [-0.4, -0.2) is 40.8 Å². The standard InChI is InChI=1S/C18H18N4O4/c1-3-12-5-4-6-14(9-12)19-17(23)11-26-22-16-10-13(18(24)25-2)7-8-15(16)20-21-22/h4-10H,3,11H2,1-2H3,(H,19,23). The molecule has 0 atom stereocenters. The summed E-state index contributed by atoms with van der Waals surface area (Å²) in [6, 6.07) is 12.4. The number of esters is 1. The summed E-state index contributed by atoms with van der Waals surface area (Å²) in [5.74, 6) is -0.806. The summed E-state index contributed by atoms with van der Waals surface area (Å²) < 4.78 is 4.69. The zero-order valence-electron chi connectivity index (χ0n) is 14.4. The van der Waals surface area contributed by atoms with Gasteiger partial charge in [0.05, 0.1) is 12.7 Å². The molecule has 0 saturated heterocycles. The maximum absolute atomic E-state index is 12.1. The van der Waals surface area contributed by atoms with Crippen molar-refractivity contribution in [3.8, 4) is 0 Å². The summed E-state index contributed by atoms with van der Waals surface area (Å²) >= 11 is 0. The van der Waals surface area contributed by atoms with Crippen LogP contribution in [0.1, 0.15) is 22.8 Å². The highest BCUT2D eigenvalue weighted by atomic mass is 16.7. The van der Waals surface area contributed by atoms with Gasteiger partial charge in [0.1, 0.15) is 11.0 Å². The number of ether oxygens (including phenoxy) is 1. The van der Waals surface area contributed by atoms with E-state index in [-0.39, 0.29) is 12.5 Å². The summed E-state index contributed by atoms with van der Waals surface area (Å²) in [6.07, 6.45) is 0.883. The van der Waals surface area contributed by atoms with Crippen LogP contribution in [0, 0.1) is 0 Å². The number of amides is 1. The third kappa shape index (κ3) is 3.80. The zero-order valence-corrected chi connectivity index (χ0v) is 14.4. The number of nitrogens with one attached hydrogen (secondary N) is 1. The Bertz CT molecular complexity index is 951. The van der Waals surface area contributed by atoms with Gasteiger partial charge in [0.2, 0.25) is 0 Å². The third-order valence-electron chi connectivity index (χ3n) is 3.77. The lowest BCUT2D eigenvalue weighted by Gasteiger charge is -2.08. The van der Waals surface area contributed by atoms with Crippen molar-refractivity contribution in [3.63, 3.8) is 0 Å². The number of nitrogens with zero attached hydrogens (tertiary/aromatic N) is 3. The van der Waals surface area contributed by atoms with E-state index in [0.29, 0.717) is 22.3 Å². The Labute approximate surface area is 149 Å². The van der Waals surface area contributed by atoms with Crippen LogP contribution < -0.4 is 10.2 Å². The topological polar surface area (TPSA) is 95.3 Å². The molecule has 0 aliphatic heterocycles. The Morgan fingerprint density at radius 2 is 2.04 bits per heavy atom. The summed E-state index contributed by atoms with van der Waals surface area (Å²) in [5.41, 5.74) is 3.17. The average molecular weight is 354 g/mol. The van der Waals surface area contributed by atoms with Gasteiger partial charge in [-0.25, -0.2) is 4.79 Å². The van der Waals surface area contributed by atoms with Gasteiger partial charge in [-0.2, -0.15) is 0 Å². The van der Waals surface area contributed by atoms with Crippen LogP contribution in [-0.2, 0) is 16.0 Å². The number of carbonyl (C=O) groups is 2. The molecule has 1 amide bonds. The lowest BCUT2D eigenvalue weighted by molar-refractivity contribution is -0.121. The molecule has 1 N–H and O–H groups in total. The van der Waals surface area contributed by atoms with E-state index in [4.69, 9.17) is 9.57 Å². The molecule has 0 saturated carbocycles. The van der Waals surface area contributed by atoms with E-state index in [2.05, 4.69) is 15.6 Å². The molecule has 0 unspecified atom stereocenters. The molecule has 2 aromatic carbocycles. The SMILES string of the molecule is CCc1cccc(NC(=O)COn2nnc3ccc(C(=O)OC)cc32)c1. The summed E-state index contributed by atoms with van der Waals surface area (Å²) in [7, 11) is 1.30. The second-order valence-corrected chi connectivity index (χ2v) is 5.53. The minimum absolute atomic E-state index is 0.253. The van der Waals surface area contributed by atoms with Gasteiger partial charge < -0.3 is 14.9 Å². The molecule has 3 rings (SSSR count). The first-order chi connectivity index (χ1) is 12.6. The van der Waals surface area contributed by atoms with E-state index in [0.717, 1.165) is 16.8 Å². The number of hydrogen-bond acceptors (Lipinski definition) is 6. The second-order valence-electron chi connectivity index (χ2n) is 5.53. The van der Waals surface area contributed by atoms with Crippen LogP contribution in [0.3, 0.4) is 0 Å². The maximum atomic E-state index is 12.1. The summed E-state index contributed by atoms with van der Waals surface area (Å²) in [6.45, 7) is 1.79. The van der Waals surface area contributed by atoms with E-state index in [9.17, 15) is 9.59 Å². The molecular formula is C18H18N4O4. The van der Waals surface area contributed by atoms with Gasteiger partial charge in [-0.3, -0.25) is 4.79 Å². The molecule has 8 heteroatoms. The fourth-order valence-electron chi connectivity index (χ4n) is 2.42. The highest BCUT2D eigenvalue weighted by Crippen LogP contribution is 2.14. The quantitative estimate of drug-likeness (QED) is 0.679. The van der Waals surface area contributed by atoms with E-state index < -0.39 is 5.97 Å². The fourth-order valence-corrected chi connectivity index (χ4v) is 2.42. The predicted octanol–water partition coefficient (Wildman–Crippen LogP) is 1.85. The van der Waals surface area contributed by atoms with Crippen LogP contribution in [0.5, 0.6) is 0 Å². The first kappa shape index (κ1) is 17.4. The van der Waals surface area contributed by atoms with Crippen LogP contribution >= 0.6 is 0 Å². The van der Waals surface area contributed by atoms with Crippen molar-refractivity contribution >= 4 is 28.6 Å². The first-order valence-electron chi connectivity index (χ1n) is 8.06. The van der Waals surface area contributed by atoms with Crippen molar-refractivity contribution in [1.82, 2.24) is 15.2 Å². The minimum Gasteiger partial charge on any atom is -0.465 e. The van der Waals surface area contributed by atoms with Gasteiger partial charge in [-0.15, -0.1) is 5.10 Å². The molecule has 0 aliphatic carbocycles. The molecule has 0 aliphatic rings. The van der Waals surface area contributed by atoms with Crippen molar-refractivity contribution in [2.75, 3.05) is 19.0 Å². The van der Waals surface area contributed by atoms with Crippen molar-refractivity contribution in [1.29, 1.82) is 0 Å². The van der Waals surface area contributed by atoms with Gasteiger partial charge in [0.15, 0.2) is 6.61 Å². The normalized spacial score (nSPS) is 10.5. The second kappa shape index (κ2) is 7.64. The number of aryl methyl sites for hydroxylation is 1. The van der Waals surface area contributed by atoms with Crippen molar-refractivity contribution in [2.24, 2.45) is 0 Å². The van der Waals surface area contributed by atoms with E-state index in [1.54, 1.807) is 18.2 Å². The summed E-state index contributed by atoms with van der Waals surface area (Å²) in [5, 5.41) is 10.5. The van der Waals surface area contributed by atoms with Crippen molar-refractivity contribution in [2.45, 2.75) is 13.3 Å². The molecule has 0 spiro atoms. The molecule has 0 radical (unpaired) electrons. The number of aromatic nitrogens is 3. The monoisotopic (exact) mass is 354 g/mol. The van der Waals surface area contributed by atoms with Crippen LogP contribution in [0.25, 0.3) is 11.0 Å². The van der Waals surface area contributed by atoms with Gasteiger partial charge in [-0.1, -0.05) is 23.9 Å². The average Bonchev–Trinajstić information content (AvgIpc) is 3.08. The van der Waals surface area contributed by atoms with E-state index in [1.165, 1.54) is 7.11 Å². The van der Waals surface area contributed by atoms with Gasteiger partial charge in [-0.05, 0) is 47.5 Å². The van der Waals surface area contributed by atoms with Gasteiger partial charge in [0.25, 0.3) is 5.91 Å². The Hall–Kier alpha value is -3.42. The Kier molecular flexibility index (Phi) is 5.12. The smallest absolute Gasteiger partial charge is 0.337 e. The first-order valence-corrected chi connectivity index (χ1v) is 8.06. The zero-order chi connectivity index (χ0) is 18.5. The van der Waals surface area contributed by atoms with Crippen LogP contribution in [0.2, 0.25) is 0 Å². The summed E-state index contributed by atoms with van der Waals surface area (Å²) in [4.78, 5) is 30.2. The number of methoxy groups -OCH3 is 1. The van der Waals surface area contributed by atoms with E-state index >= 15 is 0 Å². The number of rotatable bonds is 6. The third-order valence-corrected chi connectivity index (χ3v) is 3.77. The maximum Gasteiger partial charge on any atom is 0.337 e. The highest BCUT2D eigenvalue weighted by Gasteiger charge is 2.12. The lowest BCUT2D eigenvalue weighted by atomic mass is 10.1. The molecule has 0 fully saturated rings. The molecule has 1 heterocycles. The van der Waals surface area contributed by atoms with Crippen LogP contribution in [0.15, 0.2) is 42.5 Å². The Morgan fingerprint density at radius 3 is 2.81 bits per heavy atom. The largest absolute Gasteiger partial charge is 0.465 e. The van der Waals surface area contributed by atoms with Gasteiger partial charge in [0, 0.05) is 5.69 Å². The van der Waals surface area contributed by atoms with E-state index in [1.807, 2.05) is 31.2 Å². The number of anilines is 1. The van der Waals surface area contributed by atoms with Crippen molar-refractivity contribution in [3.05, 3.63) is 53.6 Å². The van der Waals surface area contributed by atoms with Gasteiger partial charge >= 0.3 is 5.97 Å². The number of hydrogen-bond donors (Lipinski definition) is 1. The Balaban J connectivity index is 1.68.